The van der Waals surface area contributed by atoms with Gasteiger partial charge in [0.25, 0.3) is 0 Å². The Morgan fingerprint density at radius 1 is 1.11 bits per heavy atom. The first-order chi connectivity index (χ1) is 8.42. The number of nitrogens with zero attached hydrogens (tertiary/aromatic N) is 4. The van der Waals surface area contributed by atoms with Crippen molar-refractivity contribution in [3.8, 4) is 12.3 Å². The minimum Gasteiger partial charge on any atom is -0.314 e. The Labute approximate surface area is 112 Å². The standard InChI is InChI=1S/C14H26N4/c1-12(7-9-18(5)11-16)13(2)14(6-8-15)10-17(3)4/h12-14H,6-7,9-10H2,1-5H3. The van der Waals surface area contributed by atoms with E-state index in [4.69, 9.17) is 10.5 Å². The van der Waals surface area contributed by atoms with Crippen molar-refractivity contribution in [1.82, 2.24) is 9.80 Å². The molecule has 0 aliphatic rings. The molecule has 3 atom stereocenters. The Hall–Kier alpha value is -1.26. The first kappa shape index (κ1) is 16.7. The molecule has 0 aliphatic heterocycles. The van der Waals surface area contributed by atoms with Crippen LogP contribution in [-0.4, -0.2) is 44.0 Å². The van der Waals surface area contributed by atoms with Gasteiger partial charge in [0.15, 0.2) is 6.19 Å². The van der Waals surface area contributed by atoms with Gasteiger partial charge in [0.2, 0.25) is 0 Å². The van der Waals surface area contributed by atoms with E-state index >= 15 is 0 Å². The quantitative estimate of drug-likeness (QED) is 0.489. The van der Waals surface area contributed by atoms with Gasteiger partial charge in [0.1, 0.15) is 0 Å². The van der Waals surface area contributed by atoms with Gasteiger partial charge in [-0.1, -0.05) is 13.8 Å². The zero-order valence-electron chi connectivity index (χ0n) is 12.3. The van der Waals surface area contributed by atoms with Gasteiger partial charge in [0.05, 0.1) is 6.07 Å². The van der Waals surface area contributed by atoms with Crippen LogP contribution in [0, 0.1) is 40.5 Å². The van der Waals surface area contributed by atoms with Crippen LogP contribution < -0.4 is 0 Å². The summed E-state index contributed by atoms with van der Waals surface area (Å²) in [4.78, 5) is 3.81. The first-order valence-corrected chi connectivity index (χ1v) is 6.54. The van der Waals surface area contributed by atoms with Crippen LogP contribution >= 0.6 is 0 Å². The number of nitriles is 2. The van der Waals surface area contributed by atoms with E-state index < -0.39 is 0 Å². The molecule has 0 saturated carbocycles. The van der Waals surface area contributed by atoms with Crippen LogP contribution in [0.15, 0.2) is 0 Å². The SMILES string of the molecule is CC(CCN(C)C#N)C(C)C(CC#N)CN(C)C. The lowest BCUT2D eigenvalue weighted by molar-refractivity contribution is 0.196. The molecule has 0 saturated heterocycles. The molecule has 102 valence electrons. The molecule has 4 nitrogen and oxygen atoms in total. The van der Waals surface area contributed by atoms with Gasteiger partial charge in [-0.05, 0) is 38.3 Å². The second kappa shape index (κ2) is 8.78. The molecule has 0 amide bonds. The molecule has 0 aromatic heterocycles. The third-order valence-electron chi connectivity index (χ3n) is 3.68. The molecule has 4 heteroatoms. The lowest BCUT2D eigenvalue weighted by Crippen LogP contribution is -2.30. The van der Waals surface area contributed by atoms with Crippen LogP contribution in [-0.2, 0) is 0 Å². The third kappa shape index (κ3) is 6.47. The second-order valence-electron chi connectivity index (χ2n) is 5.53. The van der Waals surface area contributed by atoms with E-state index in [1.54, 1.807) is 4.90 Å². The van der Waals surface area contributed by atoms with Gasteiger partial charge in [-0.2, -0.15) is 10.5 Å². The highest BCUT2D eigenvalue weighted by Crippen LogP contribution is 2.26. The van der Waals surface area contributed by atoms with Crippen LogP contribution in [0.5, 0.6) is 0 Å². The number of hydrogen-bond acceptors (Lipinski definition) is 4. The summed E-state index contributed by atoms with van der Waals surface area (Å²) in [5.74, 6) is 1.44. The summed E-state index contributed by atoms with van der Waals surface area (Å²) in [6.45, 7) is 6.19. The van der Waals surface area contributed by atoms with Crippen LogP contribution in [0.3, 0.4) is 0 Å². The van der Waals surface area contributed by atoms with E-state index in [0.29, 0.717) is 24.2 Å². The highest BCUT2D eigenvalue weighted by Gasteiger charge is 2.23. The maximum atomic E-state index is 8.92. The van der Waals surface area contributed by atoms with Crippen molar-refractivity contribution >= 4 is 0 Å². The van der Waals surface area contributed by atoms with E-state index in [0.717, 1.165) is 19.5 Å². The Morgan fingerprint density at radius 2 is 1.72 bits per heavy atom. The Balaban J connectivity index is 4.33. The average molecular weight is 250 g/mol. The minimum atomic E-state index is 0.410. The summed E-state index contributed by atoms with van der Waals surface area (Å²) in [7, 11) is 5.90. The Kier molecular flexibility index (Phi) is 8.16. The van der Waals surface area contributed by atoms with E-state index in [2.05, 4.69) is 31.0 Å². The Bertz CT molecular complexity index is 300. The molecule has 3 unspecified atom stereocenters. The van der Waals surface area contributed by atoms with Crippen LogP contribution in [0.1, 0.15) is 26.7 Å². The zero-order valence-corrected chi connectivity index (χ0v) is 12.3. The predicted octanol–water partition coefficient (Wildman–Crippen LogP) is 2.15. The zero-order chi connectivity index (χ0) is 14.1. The van der Waals surface area contributed by atoms with E-state index in [1.807, 2.05) is 21.1 Å². The summed E-state index contributed by atoms with van der Waals surface area (Å²) in [6, 6.07) is 2.30. The maximum Gasteiger partial charge on any atom is 0.179 e. The third-order valence-corrected chi connectivity index (χ3v) is 3.68. The van der Waals surface area contributed by atoms with Crippen molar-refractivity contribution in [3.05, 3.63) is 0 Å². The number of hydrogen-bond donors (Lipinski definition) is 0. The molecule has 0 aliphatic carbocycles. The van der Waals surface area contributed by atoms with Gasteiger partial charge in [-0.25, -0.2) is 0 Å². The fourth-order valence-electron chi connectivity index (χ4n) is 2.18. The summed E-state index contributed by atoms with van der Waals surface area (Å²) < 4.78 is 0. The van der Waals surface area contributed by atoms with Crippen molar-refractivity contribution in [3.63, 3.8) is 0 Å². The molecular formula is C14H26N4. The summed E-state index contributed by atoms with van der Waals surface area (Å²) in [5, 5.41) is 17.6. The highest BCUT2D eigenvalue weighted by molar-refractivity contribution is 4.83. The molecule has 0 spiro atoms. The van der Waals surface area contributed by atoms with Crippen molar-refractivity contribution in [2.45, 2.75) is 26.7 Å². The predicted molar refractivity (Wildman–Crippen MR) is 73.5 cm³/mol. The summed E-state index contributed by atoms with van der Waals surface area (Å²) >= 11 is 0. The monoisotopic (exact) mass is 250 g/mol. The molecule has 0 aromatic rings. The molecule has 0 N–H and O–H groups in total. The second-order valence-corrected chi connectivity index (χ2v) is 5.53. The average Bonchev–Trinajstić information content (AvgIpc) is 2.33. The topological polar surface area (TPSA) is 54.1 Å². The highest BCUT2D eigenvalue weighted by atomic mass is 15.1. The summed E-state index contributed by atoms with van der Waals surface area (Å²) in [5.41, 5.74) is 0. The molecule has 0 aromatic carbocycles. The van der Waals surface area contributed by atoms with Crippen molar-refractivity contribution in [1.29, 1.82) is 10.5 Å². The normalized spacial score (nSPS) is 15.6. The lowest BCUT2D eigenvalue weighted by atomic mass is 9.80. The van der Waals surface area contributed by atoms with Gasteiger partial charge in [0, 0.05) is 26.6 Å². The Morgan fingerprint density at radius 3 is 2.17 bits per heavy atom. The van der Waals surface area contributed by atoms with Gasteiger partial charge in [-0.15, -0.1) is 0 Å². The molecule has 18 heavy (non-hydrogen) atoms. The van der Waals surface area contributed by atoms with Crippen LogP contribution in [0.25, 0.3) is 0 Å². The van der Waals surface area contributed by atoms with E-state index in [9.17, 15) is 0 Å². The van der Waals surface area contributed by atoms with Gasteiger partial charge in [-0.3, -0.25) is 0 Å². The molecule has 0 radical (unpaired) electrons. The van der Waals surface area contributed by atoms with E-state index in [-0.39, 0.29) is 0 Å². The van der Waals surface area contributed by atoms with Gasteiger partial charge >= 0.3 is 0 Å². The van der Waals surface area contributed by atoms with Crippen molar-refractivity contribution in [2.24, 2.45) is 17.8 Å². The van der Waals surface area contributed by atoms with Crippen molar-refractivity contribution in [2.75, 3.05) is 34.2 Å². The van der Waals surface area contributed by atoms with Crippen LogP contribution in [0.4, 0.5) is 0 Å². The van der Waals surface area contributed by atoms with E-state index in [1.165, 1.54) is 0 Å². The first-order valence-electron chi connectivity index (χ1n) is 6.54. The molecule has 0 heterocycles. The molecule has 0 fully saturated rings. The van der Waals surface area contributed by atoms with Gasteiger partial charge < -0.3 is 9.80 Å². The van der Waals surface area contributed by atoms with Crippen LogP contribution in [0.2, 0.25) is 0 Å². The van der Waals surface area contributed by atoms with Crippen molar-refractivity contribution < 1.29 is 0 Å². The largest absolute Gasteiger partial charge is 0.314 e. The molecule has 0 rings (SSSR count). The fourth-order valence-corrected chi connectivity index (χ4v) is 2.18. The smallest absolute Gasteiger partial charge is 0.179 e. The fraction of sp³-hybridized carbons (Fsp3) is 0.857. The maximum absolute atomic E-state index is 8.92. The summed E-state index contributed by atoms with van der Waals surface area (Å²) in [6.07, 6.45) is 3.73. The molecular weight excluding hydrogens is 224 g/mol. The molecule has 0 bridgehead atoms. The lowest BCUT2D eigenvalue weighted by Gasteiger charge is -2.30. The minimum absolute atomic E-state index is 0.410. The number of rotatable bonds is 8.